The van der Waals surface area contributed by atoms with Gasteiger partial charge in [0.15, 0.2) is 0 Å². The maximum atomic E-state index is 5.41. The van der Waals surface area contributed by atoms with E-state index >= 15 is 0 Å². The zero-order valence-electron chi connectivity index (χ0n) is 13.2. The predicted octanol–water partition coefficient (Wildman–Crippen LogP) is -0.660. The van der Waals surface area contributed by atoms with Gasteiger partial charge in [-0.1, -0.05) is 0 Å². The minimum atomic E-state index is 0.628. The smallest absolute Gasteiger partial charge is 0.0701 e. The first-order valence-corrected chi connectivity index (χ1v) is 7.83. The van der Waals surface area contributed by atoms with Gasteiger partial charge in [-0.2, -0.15) is 0 Å². The molecule has 0 unspecified atom stereocenters. The van der Waals surface area contributed by atoms with E-state index in [1.165, 1.54) is 0 Å². The molecule has 0 fully saturated rings. The van der Waals surface area contributed by atoms with Crippen LogP contribution in [0.25, 0.3) is 0 Å². The molecule has 7 nitrogen and oxygen atoms in total. The number of hydrogen-bond acceptors (Lipinski definition) is 7. The van der Waals surface area contributed by atoms with Gasteiger partial charge in [0, 0.05) is 26.3 Å². The van der Waals surface area contributed by atoms with Crippen LogP contribution >= 0.6 is 0 Å². The van der Waals surface area contributed by atoms with Crippen molar-refractivity contribution in [1.29, 1.82) is 0 Å². The fourth-order valence-electron chi connectivity index (χ4n) is 1.43. The molecule has 0 atom stereocenters. The maximum Gasteiger partial charge on any atom is 0.0701 e. The van der Waals surface area contributed by atoms with Crippen molar-refractivity contribution >= 4 is 0 Å². The van der Waals surface area contributed by atoms with E-state index in [9.17, 15) is 0 Å². The summed E-state index contributed by atoms with van der Waals surface area (Å²) in [5.41, 5.74) is 10.7. The zero-order chi connectivity index (χ0) is 15.4. The summed E-state index contributed by atoms with van der Waals surface area (Å²) in [6.45, 7) is 8.30. The van der Waals surface area contributed by atoms with Crippen molar-refractivity contribution in [2.24, 2.45) is 11.5 Å². The van der Waals surface area contributed by atoms with Crippen molar-refractivity contribution in [3.05, 3.63) is 0 Å². The van der Waals surface area contributed by atoms with E-state index < -0.39 is 0 Å². The van der Waals surface area contributed by atoms with Crippen LogP contribution in [0.5, 0.6) is 0 Å². The largest absolute Gasteiger partial charge is 0.379 e. The van der Waals surface area contributed by atoms with Crippen LogP contribution in [-0.2, 0) is 18.9 Å². The topological polar surface area (TPSA) is 101 Å². The molecule has 128 valence electrons. The summed E-state index contributed by atoms with van der Waals surface area (Å²) in [4.78, 5) is 0. The Balaban J connectivity index is 2.90. The Morgan fingerprint density at radius 1 is 0.524 bits per heavy atom. The lowest BCUT2D eigenvalue weighted by atomic mass is 10.5. The van der Waals surface area contributed by atoms with Gasteiger partial charge >= 0.3 is 0 Å². The van der Waals surface area contributed by atoms with Crippen molar-refractivity contribution in [2.45, 2.75) is 12.8 Å². The van der Waals surface area contributed by atoms with Gasteiger partial charge in [-0.05, 0) is 25.9 Å². The molecule has 0 saturated heterocycles. The lowest BCUT2D eigenvalue weighted by Crippen LogP contribution is -2.25. The summed E-state index contributed by atoms with van der Waals surface area (Å²) in [6.07, 6.45) is 1.80. The zero-order valence-corrected chi connectivity index (χ0v) is 13.2. The summed E-state index contributed by atoms with van der Waals surface area (Å²) < 4.78 is 21.4. The van der Waals surface area contributed by atoms with Crippen LogP contribution < -0.4 is 16.8 Å². The molecule has 0 aliphatic carbocycles. The molecule has 0 spiro atoms. The Hall–Kier alpha value is -0.280. The quantitative estimate of drug-likeness (QED) is 0.289. The Morgan fingerprint density at radius 3 is 1.29 bits per heavy atom. The van der Waals surface area contributed by atoms with Gasteiger partial charge in [-0.3, -0.25) is 0 Å². The fraction of sp³-hybridized carbons (Fsp3) is 1.00. The standard InChI is InChI=1S/C14H33N3O4/c15-3-1-7-18-11-13-20-9-5-17-6-10-21-14-12-19-8-2-4-16/h17H,1-16H2. The molecule has 0 aromatic rings. The van der Waals surface area contributed by atoms with Gasteiger partial charge in [0.25, 0.3) is 0 Å². The number of nitrogens with one attached hydrogen (secondary N) is 1. The van der Waals surface area contributed by atoms with Crippen LogP contribution in [-0.4, -0.2) is 79.0 Å². The van der Waals surface area contributed by atoms with E-state index in [1.807, 2.05) is 0 Å². The first-order chi connectivity index (χ1) is 10.4. The molecule has 5 N–H and O–H groups in total. The van der Waals surface area contributed by atoms with Crippen molar-refractivity contribution in [2.75, 3.05) is 79.0 Å². The van der Waals surface area contributed by atoms with Gasteiger partial charge in [-0.25, -0.2) is 0 Å². The molecule has 21 heavy (non-hydrogen) atoms. The van der Waals surface area contributed by atoms with E-state index in [-0.39, 0.29) is 0 Å². The molecule has 7 heteroatoms. The molecule has 0 aromatic heterocycles. The minimum absolute atomic E-state index is 0.628. The van der Waals surface area contributed by atoms with E-state index in [0.717, 1.165) is 25.9 Å². The van der Waals surface area contributed by atoms with Crippen LogP contribution in [0.1, 0.15) is 12.8 Å². The first-order valence-electron chi connectivity index (χ1n) is 7.83. The minimum Gasteiger partial charge on any atom is -0.379 e. The van der Waals surface area contributed by atoms with Gasteiger partial charge in [0.2, 0.25) is 0 Å². The highest BCUT2D eigenvalue weighted by molar-refractivity contribution is 4.45. The highest BCUT2D eigenvalue weighted by Crippen LogP contribution is 1.83. The highest BCUT2D eigenvalue weighted by Gasteiger charge is 1.92. The molecule has 0 aliphatic rings. The van der Waals surface area contributed by atoms with Crippen LogP contribution in [0.4, 0.5) is 0 Å². The second-order valence-corrected chi connectivity index (χ2v) is 4.48. The molecule has 0 radical (unpaired) electrons. The fourth-order valence-corrected chi connectivity index (χ4v) is 1.43. The monoisotopic (exact) mass is 307 g/mol. The van der Waals surface area contributed by atoms with Gasteiger partial charge < -0.3 is 35.7 Å². The second-order valence-electron chi connectivity index (χ2n) is 4.48. The van der Waals surface area contributed by atoms with E-state index in [2.05, 4.69) is 5.32 Å². The molecule has 0 aromatic carbocycles. The molecule has 0 bridgehead atoms. The number of hydrogen-bond donors (Lipinski definition) is 3. The summed E-state index contributed by atoms with van der Waals surface area (Å²) in [5, 5.41) is 3.24. The van der Waals surface area contributed by atoms with Crippen LogP contribution in [0, 0.1) is 0 Å². The Morgan fingerprint density at radius 2 is 0.905 bits per heavy atom. The van der Waals surface area contributed by atoms with Gasteiger partial charge in [0.1, 0.15) is 0 Å². The number of rotatable bonds is 18. The molecule has 0 heterocycles. The molecular formula is C14H33N3O4. The average molecular weight is 307 g/mol. The number of nitrogens with two attached hydrogens (primary N) is 2. The first kappa shape index (κ1) is 20.7. The molecule has 0 rings (SSSR count). The molecule has 0 amide bonds. The lowest BCUT2D eigenvalue weighted by molar-refractivity contribution is 0.0426. The summed E-state index contributed by atoms with van der Waals surface area (Å²) in [5.74, 6) is 0. The van der Waals surface area contributed by atoms with Crippen LogP contribution in [0.15, 0.2) is 0 Å². The second kappa shape index (κ2) is 19.7. The Bertz CT molecular complexity index is 170. The number of ether oxygens (including phenoxy) is 4. The molecular weight excluding hydrogens is 274 g/mol. The third kappa shape index (κ3) is 19.7. The van der Waals surface area contributed by atoms with E-state index in [4.69, 9.17) is 30.4 Å². The van der Waals surface area contributed by atoms with Crippen molar-refractivity contribution in [1.82, 2.24) is 5.32 Å². The predicted molar refractivity (Wildman–Crippen MR) is 83.5 cm³/mol. The Kier molecular flexibility index (Phi) is 19.5. The third-order valence-electron chi connectivity index (χ3n) is 2.58. The van der Waals surface area contributed by atoms with Crippen LogP contribution in [0.3, 0.4) is 0 Å². The normalized spacial score (nSPS) is 11.1. The van der Waals surface area contributed by atoms with Crippen molar-refractivity contribution in [3.8, 4) is 0 Å². The lowest BCUT2D eigenvalue weighted by Gasteiger charge is -2.08. The third-order valence-corrected chi connectivity index (χ3v) is 2.58. The van der Waals surface area contributed by atoms with E-state index in [1.54, 1.807) is 0 Å². The summed E-state index contributed by atoms with van der Waals surface area (Å²) in [7, 11) is 0. The Labute approximate surface area is 128 Å². The SMILES string of the molecule is NCCCOCCOCCNCCOCCOCCCN. The average Bonchev–Trinajstić information content (AvgIpc) is 2.50. The van der Waals surface area contributed by atoms with Crippen LogP contribution in [0.2, 0.25) is 0 Å². The molecule has 0 aliphatic heterocycles. The van der Waals surface area contributed by atoms with Gasteiger partial charge in [0.05, 0.1) is 39.6 Å². The highest BCUT2D eigenvalue weighted by atomic mass is 16.5. The van der Waals surface area contributed by atoms with Gasteiger partial charge in [-0.15, -0.1) is 0 Å². The summed E-state index contributed by atoms with van der Waals surface area (Å²) in [6, 6.07) is 0. The maximum absolute atomic E-state index is 5.41. The molecule has 0 saturated carbocycles. The van der Waals surface area contributed by atoms with Crippen molar-refractivity contribution in [3.63, 3.8) is 0 Å². The van der Waals surface area contributed by atoms with E-state index in [0.29, 0.717) is 65.9 Å². The van der Waals surface area contributed by atoms with Crippen molar-refractivity contribution < 1.29 is 18.9 Å². The summed E-state index contributed by atoms with van der Waals surface area (Å²) >= 11 is 0.